The second kappa shape index (κ2) is 5.40. The minimum atomic E-state index is 0.285. The van der Waals surface area contributed by atoms with E-state index in [1.165, 1.54) is 24.0 Å². The van der Waals surface area contributed by atoms with Crippen molar-refractivity contribution in [1.29, 1.82) is 0 Å². The smallest absolute Gasteiger partial charge is 0.122 e. The van der Waals surface area contributed by atoms with Gasteiger partial charge in [0.1, 0.15) is 5.75 Å². The third-order valence-electron chi connectivity index (χ3n) is 5.03. The zero-order valence-corrected chi connectivity index (χ0v) is 13.8. The molecule has 0 amide bonds. The Morgan fingerprint density at radius 2 is 1.95 bits per heavy atom. The van der Waals surface area contributed by atoms with Crippen LogP contribution in [0.3, 0.4) is 0 Å². The molecular formula is C18H29NO. The highest BCUT2D eigenvalue weighted by Crippen LogP contribution is 2.54. The monoisotopic (exact) mass is 275 g/mol. The van der Waals surface area contributed by atoms with Crippen molar-refractivity contribution in [3.05, 3.63) is 29.3 Å². The van der Waals surface area contributed by atoms with Crippen LogP contribution in [0.15, 0.2) is 18.2 Å². The Kier molecular flexibility index (Phi) is 4.15. The third kappa shape index (κ3) is 2.71. The van der Waals surface area contributed by atoms with Crippen LogP contribution in [-0.2, 0) is 5.41 Å². The number of rotatable bonds is 4. The van der Waals surface area contributed by atoms with Crippen molar-refractivity contribution in [2.45, 2.75) is 46.0 Å². The van der Waals surface area contributed by atoms with Crippen LogP contribution in [0.1, 0.15) is 44.7 Å². The molecule has 1 N–H and O–H groups in total. The maximum Gasteiger partial charge on any atom is 0.122 e. The molecule has 0 heterocycles. The summed E-state index contributed by atoms with van der Waals surface area (Å²) in [5.74, 6) is 1.82. The zero-order chi connectivity index (χ0) is 15.0. The Bertz CT molecular complexity index is 467. The lowest BCUT2D eigenvalue weighted by atomic mass is 9.52. The molecule has 1 aromatic carbocycles. The van der Waals surface area contributed by atoms with Crippen LogP contribution in [0, 0.1) is 18.3 Å². The van der Waals surface area contributed by atoms with Crippen LogP contribution in [-0.4, -0.2) is 20.7 Å². The summed E-state index contributed by atoms with van der Waals surface area (Å²) >= 11 is 0. The predicted octanol–water partition coefficient (Wildman–Crippen LogP) is 3.92. The summed E-state index contributed by atoms with van der Waals surface area (Å²) in [6.07, 6.45) is 2.53. The van der Waals surface area contributed by atoms with Gasteiger partial charge < -0.3 is 10.1 Å². The second-order valence-corrected chi connectivity index (χ2v) is 7.47. The van der Waals surface area contributed by atoms with Gasteiger partial charge in [0, 0.05) is 12.0 Å². The first-order valence-corrected chi connectivity index (χ1v) is 7.62. The zero-order valence-electron chi connectivity index (χ0n) is 13.8. The van der Waals surface area contributed by atoms with E-state index >= 15 is 0 Å². The standard InChI is InChI=1S/C18H29NO/c1-13-7-8-14(9-16(13)20-6)18(12-19-5)10-15(11-18)17(2,3)4/h7-9,15,19H,10-12H2,1-6H3. The molecule has 1 aromatic rings. The summed E-state index contributed by atoms with van der Waals surface area (Å²) in [6, 6.07) is 6.72. The van der Waals surface area contributed by atoms with Gasteiger partial charge in [-0.05, 0) is 55.3 Å². The Labute approximate surface area is 123 Å². The molecule has 0 unspecified atom stereocenters. The van der Waals surface area contributed by atoms with E-state index in [-0.39, 0.29) is 5.41 Å². The molecule has 0 spiro atoms. The third-order valence-corrected chi connectivity index (χ3v) is 5.03. The number of hydrogen-bond acceptors (Lipinski definition) is 2. The summed E-state index contributed by atoms with van der Waals surface area (Å²) < 4.78 is 5.50. The molecule has 1 aliphatic carbocycles. The number of likely N-dealkylation sites (N-methyl/N-ethyl adjacent to an activating group) is 1. The number of methoxy groups -OCH3 is 1. The fourth-order valence-corrected chi connectivity index (χ4v) is 3.47. The van der Waals surface area contributed by atoms with Crippen molar-refractivity contribution < 1.29 is 4.74 Å². The van der Waals surface area contributed by atoms with Gasteiger partial charge in [-0.25, -0.2) is 0 Å². The molecule has 0 aromatic heterocycles. The first-order valence-electron chi connectivity index (χ1n) is 7.62. The summed E-state index contributed by atoms with van der Waals surface area (Å²) in [7, 11) is 3.81. The van der Waals surface area contributed by atoms with Crippen molar-refractivity contribution >= 4 is 0 Å². The molecule has 0 aliphatic heterocycles. The molecule has 2 heteroatoms. The number of aryl methyl sites for hydroxylation is 1. The average Bonchev–Trinajstić information content (AvgIpc) is 2.32. The van der Waals surface area contributed by atoms with Crippen LogP contribution in [0.5, 0.6) is 5.75 Å². The van der Waals surface area contributed by atoms with E-state index in [1.807, 2.05) is 0 Å². The van der Waals surface area contributed by atoms with Gasteiger partial charge in [0.2, 0.25) is 0 Å². The molecule has 20 heavy (non-hydrogen) atoms. The largest absolute Gasteiger partial charge is 0.496 e. The maximum atomic E-state index is 5.50. The first-order chi connectivity index (χ1) is 9.32. The summed E-state index contributed by atoms with van der Waals surface area (Å²) in [5, 5.41) is 3.39. The normalized spacial score (nSPS) is 26.2. The Morgan fingerprint density at radius 1 is 1.30 bits per heavy atom. The summed E-state index contributed by atoms with van der Waals surface area (Å²) in [6.45, 7) is 10.2. The topological polar surface area (TPSA) is 21.3 Å². The Balaban J connectivity index is 2.27. The molecule has 1 saturated carbocycles. The quantitative estimate of drug-likeness (QED) is 0.899. The maximum absolute atomic E-state index is 5.50. The molecule has 1 fully saturated rings. The molecule has 1 aliphatic rings. The minimum Gasteiger partial charge on any atom is -0.496 e. The highest BCUT2D eigenvalue weighted by molar-refractivity contribution is 5.41. The van der Waals surface area contributed by atoms with Crippen molar-refractivity contribution in [2.24, 2.45) is 11.3 Å². The summed E-state index contributed by atoms with van der Waals surface area (Å²) in [4.78, 5) is 0. The molecule has 2 nitrogen and oxygen atoms in total. The Hall–Kier alpha value is -1.02. The number of nitrogens with one attached hydrogen (secondary N) is 1. The highest BCUT2D eigenvalue weighted by Gasteiger charge is 2.49. The second-order valence-electron chi connectivity index (χ2n) is 7.47. The molecule has 0 saturated heterocycles. The number of hydrogen-bond donors (Lipinski definition) is 1. The van der Waals surface area contributed by atoms with Crippen LogP contribution in [0.2, 0.25) is 0 Å². The van der Waals surface area contributed by atoms with Crippen molar-refractivity contribution in [3.63, 3.8) is 0 Å². The Morgan fingerprint density at radius 3 is 2.45 bits per heavy atom. The fourth-order valence-electron chi connectivity index (χ4n) is 3.47. The average molecular weight is 275 g/mol. The lowest BCUT2D eigenvalue weighted by Crippen LogP contribution is -2.51. The van der Waals surface area contributed by atoms with Crippen LogP contribution >= 0.6 is 0 Å². The number of benzene rings is 1. The van der Waals surface area contributed by atoms with Crippen LogP contribution < -0.4 is 10.1 Å². The van der Waals surface area contributed by atoms with Gasteiger partial charge >= 0.3 is 0 Å². The molecule has 0 bridgehead atoms. The molecule has 0 radical (unpaired) electrons. The fraction of sp³-hybridized carbons (Fsp3) is 0.667. The van der Waals surface area contributed by atoms with E-state index in [2.05, 4.69) is 58.3 Å². The van der Waals surface area contributed by atoms with Crippen molar-refractivity contribution in [3.8, 4) is 5.75 Å². The van der Waals surface area contributed by atoms with Crippen LogP contribution in [0.4, 0.5) is 0 Å². The first kappa shape index (κ1) is 15.4. The van der Waals surface area contributed by atoms with E-state index in [0.717, 1.165) is 18.2 Å². The van der Waals surface area contributed by atoms with E-state index in [0.29, 0.717) is 5.41 Å². The predicted molar refractivity (Wildman–Crippen MR) is 85.5 cm³/mol. The van der Waals surface area contributed by atoms with Crippen molar-refractivity contribution in [2.75, 3.05) is 20.7 Å². The van der Waals surface area contributed by atoms with E-state index in [1.54, 1.807) is 7.11 Å². The molecular weight excluding hydrogens is 246 g/mol. The van der Waals surface area contributed by atoms with Gasteiger partial charge in [-0.1, -0.05) is 32.9 Å². The van der Waals surface area contributed by atoms with Gasteiger partial charge in [0.05, 0.1) is 7.11 Å². The van der Waals surface area contributed by atoms with Gasteiger partial charge in [-0.2, -0.15) is 0 Å². The van der Waals surface area contributed by atoms with Crippen molar-refractivity contribution in [1.82, 2.24) is 5.32 Å². The highest BCUT2D eigenvalue weighted by atomic mass is 16.5. The van der Waals surface area contributed by atoms with E-state index in [4.69, 9.17) is 4.74 Å². The molecule has 2 rings (SSSR count). The minimum absolute atomic E-state index is 0.285. The lowest BCUT2D eigenvalue weighted by Gasteiger charge is -2.53. The molecule has 0 atom stereocenters. The van der Waals surface area contributed by atoms with Gasteiger partial charge in [0.15, 0.2) is 0 Å². The van der Waals surface area contributed by atoms with Gasteiger partial charge in [-0.15, -0.1) is 0 Å². The lowest BCUT2D eigenvalue weighted by molar-refractivity contribution is 0.0459. The SMILES string of the molecule is CNCC1(c2ccc(C)c(OC)c2)CC(C(C)(C)C)C1. The van der Waals surface area contributed by atoms with Crippen LogP contribution in [0.25, 0.3) is 0 Å². The summed E-state index contributed by atoms with van der Waals surface area (Å²) in [5.41, 5.74) is 3.33. The van der Waals surface area contributed by atoms with E-state index < -0.39 is 0 Å². The van der Waals surface area contributed by atoms with E-state index in [9.17, 15) is 0 Å². The molecule has 112 valence electrons. The number of ether oxygens (including phenoxy) is 1. The van der Waals surface area contributed by atoms with Gasteiger partial charge in [-0.3, -0.25) is 0 Å². The van der Waals surface area contributed by atoms with Gasteiger partial charge in [0.25, 0.3) is 0 Å².